The molecule has 18 N–H and O–H groups in total. The fourth-order valence-electron chi connectivity index (χ4n) is 7.42. The van der Waals surface area contributed by atoms with Gasteiger partial charge in [-0.25, -0.2) is 0 Å². The van der Waals surface area contributed by atoms with Crippen molar-refractivity contribution in [2.75, 3.05) is 136 Å². The zero-order valence-electron chi connectivity index (χ0n) is 52.9. The summed E-state index contributed by atoms with van der Waals surface area (Å²) in [5.41, 5.74) is 38.3. The largest absolute Gasteiger partial charge is 0.368 e. The maximum Gasteiger partial charge on any atom is 0.233 e. The number of anilines is 17. The Labute approximate surface area is 579 Å². The Morgan fingerprint density at radius 2 is 0.737 bits per heavy atom. The lowest BCUT2D eigenvalue weighted by Gasteiger charge is -2.12. The van der Waals surface area contributed by atoms with E-state index in [1.165, 1.54) is 0 Å². The van der Waals surface area contributed by atoms with Crippen molar-refractivity contribution in [2.45, 2.75) is 39.3 Å². The van der Waals surface area contributed by atoms with E-state index in [4.69, 9.17) is 104 Å². The highest BCUT2D eigenvalue weighted by Gasteiger charge is 2.11. The molecule has 36 heteroatoms. The molecule has 0 atom stereocenters. The Balaban J connectivity index is 0.000000188. The molecule has 0 aliphatic rings. The minimum atomic E-state index is 0.0417. The molecule has 0 unspecified atom stereocenters. The summed E-state index contributed by atoms with van der Waals surface area (Å²) in [6.07, 6.45) is 1.64. The summed E-state index contributed by atoms with van der Waals surface area (Å²) in [4.78, 5) is 66.0. The molecule has 5 aromatic heterocycles. The Morgan fingerprint density at radius 1 is 0.347 bits per heavy atom. The fraction of sp³-hybridized carbons (Fsp3) is 0.237. The molecule has 95 heavy (non-hydrogen) atoms. The lowest BCUT2D eigenvalue weighted by molar-refractivity contribution is 0.866. The number of nitrogens with zero attached hydrogens (tertiary/aromatic N) is 18. The van der Waals surface area contributed by atoms with Crippen LogP contribution in [-0.2, 0) is 19.4 Å². The molecule has 0 aliphatic heterocycles. The number of hydrogen-bond donors (Lipinski definition) is 12. The second-order valence-electron chi connectivity index (χ2n) is 20.6. The molecular weight excluding hydrogens is 1340 g/mol. The van der Waals surface area contributed by atoms with Gasteiger partial charge in [0.2, 0.25) is 89.2 Å². The summed E-state index contributed by atoms with van der Waals surface area (Å²) in [6.45, 7) is 5.98. The van der Waals surface area contributed by atoms with E-state index in [1.54, 1.807) is 45.0 Å². The number of nitrogens with one attached hydrogen (secondary N) is 6. The van der Waals surface area contributed by atoms with E-state index in [2.05, 4.69) is 107 Å². The van der Waals surface area contributed by atoms with Crippen LogP contribution in [0.25, 0.3) is 0 Å². The van der Waals surface area contributed by atoms with Gasteiger partial charge < -0.3 is 81.0 Å². The number of nitrogen functional groups attached to an aromatic ring is 6. The van der Waals surface area contributed by atoms with Crippen LogP contribution in [0.4, 0.5) is 101 Å². The molecule has 10 aromatic rings. The average molecular weight is 1410 g/mol. The highest BCUT2D eigenvalue weighted by atomic mass is 35.5. The van der Waals surface area contributed by atoms with Crippen molar-refractivity contribution in [3.63, 3.8) is 0 Å². The third kappa shape index (κ3) is 27.2. The van der Waals surface area contributed by atoms with Crippen LogP contribution in [0.5, 0.6) is 0 Å². The van der Waals surface area contributed by atoms with Gasteiger partial charge in [-0.3, -0.25) is 0 Å². The van der Waals surface area contributed by atoms with Crippen LogP contribution in [0.15, 0.2) is 115 Å². The molecule has 10 rings (SSSR count). The average Bonchev–Trinajstić information content (AvgIpc) is 1.13. The van der Waals surface area contributed by atoms with E-state index in [1.807, 2.05) is 141 Å². The third-order valence-electron chi connectivity index (χ3n) is 11.7. The second-order valence-corrected chi connectivity index (χ2v) is 23.2. The van der Waals surface area contributed by atoms with Gasteiger partial charge in [-0.15, -0.1) is 0 Å². The maximum absolute atomic E-state index is 5.95. The van der Waals surface area contributed by atoms with Gasteiger partial charge in [0, 0.05) is 99.4 Å². The van der Waals surface area contributed by atoms with Crippen molar-refractivity contribution >= 4 is 170 Å². The zero-order valence-corrected chi connectivity index (χ0v) is 57.4. The molecule has 0 bridgehead atoms. The van der Waals surface area contributed by atoms with Crippen LogP contribution in [0.1, 0.15) is 30.5 Å². The smallest absolute Gasteiger partial charge is 0.233 e. The molecule has 5 aromatic carbocycles. The molecule has 0 aliphatic carbocycles. The van der Waals surface area contributed by atoms with E-state index in [-0.39, 0.29) is 47.7 Å². The summed E-state index contributed by atoms with van der Waals surface area (Å²) >= 11 is 35.3. The van der Waals surface area contributed by atoms with Crippen molar-refractivity contribution in [3.8, 4) is 0 Å². The molecular formula is C59H72Cl6N30. The van der Waals surface area contributed by atoms with Crippen LogP contribution in [0, 0.1) is 0 Å². The Morgan fingerprint density at radius 3 is 1.19 bits per heavy atom. The highest BCUT2D eigenvalue weighted by molar-refractivity contribution is 6.42. The third-order valence-corrected chi connectivity index (χ3v) is 13.4. The van der Waals surface area contributed by atoms with Gasteiger partial charge in [-0.2, -0.15) is 74.8 Å². The van der Waals surface area contributed by atoms with E-state index < -0.39 is 0 Å². The van der Waals surface area contributed by atoms with Gasteiger partial charge in [-0.05, 0) is 116 Å². The summed E-state index contributed by atoms with van der Waals surface area (Å²) in [5.74, 6) is 4.87. The lowest BCUT2D eigenvalue weighted by atomic mass is 10.1. The van der Waals surface area contributed by atoms with E-state index in [0.717, 1.165) is 45.3 Å². The summed E-state index contributed by atoms with van der Waals surface area (Å²) in [7, 11) is 11.1. The molecule has 5 heterocycles. The van der Waals surface area contributed by atoms with Crippen molar-refractivity contribution < 1.29 is 0 Å². The minimum Gasteiger partial charge on any atom is -0.368 e. The first-order valence-corrected chi connectivity index (χ1v) is 30.8. The first-order chi connectivity index (χ1) is 45.2. The van der Waals surface area contributed by atoms with Gasteiger partial charge in [-0.1, -0.05) is 112 Å². The van der Waals surface area contributed by atoms with Gasteiger partial charge in [0.25, 0.3) is 0 Å². The van der Waals surface area contributed by atoms with E-state index >= 15 is 0 Å². The first-order valence-electron chi connectivity index (χ1n) is 28.5. The normalized spacial score (nSPS) is 10.3. The van der Waals surface area contributed by atoms with E-state index in [9.17, 15) is 0 Å². The molecule has 0 radical (unpaired) electrons. The summed E-state index contributed by atoms with van der Waals surface area (Å²) in [5, 5.41) is 22.1. The van der Waals surface area contributed by atoms with Gasteiger partial charge in [0.15, 0.2) is 0 Å². The monoisotopic (exact) mass is 1410 g/mol. The molecule has 0 saturated carbocycles. The van der Waals surface area contributed by atoms with Gasteiger partial charge in [0.1, 0.15) is 0 Å². The molecule has 0 fully saturated rings. The minimum absolute atomic E-state index is 0.0417. The lowest BCUT2D eigenvalue weighted by Crippen LogP contribution is -2.17. The topological polar surface area (TPSA) is 431 Å². The Hall–Kier alpha value is -10.1. The quantitative estimate of drug-likeness (QED) is 0.0337. The molecule has 500 valence electrons. The molecule has 0 saturated heterocycles. The zero-order chi connectivity index (χ0) is 69.1. The van der Waals surface area contributed by atoms with Crippen molar-refractivity contribution in [2.24, 2.45) is 0 Å². The van der Waals surface area contributed by atoms with E-state index in [0.29, 0.717) is 93.0 Å². The summed E-state index contributed by atoms with van der Waals surface area (Å²) in [6, 6.07) is 35.6. The van der Waals surface area contributed by atoms with Crippen LogP contribution < -0.4 is 81.0 Å². The molecule has 30 nitrogen and oxygen atoms in total. The Bertz CT molecular complexity index is 4040. The first kappa shape index (κ1) is 73.9. The van der Waals surface area contributed by atoms with Crippen LogP contribution in [0.3, 0.4) is 0 Å². The Kier molecular flexibility index (Phi) is 28.8. The highest BCUT2D eigenvalue weighted by Crippen LogP contribution is 2.27. The maximum atomic E-state index is 5.95. The number of rotatable bonds is 20. The molecule has 0 spiro atoms. The number of nitrogens with two attached hydrogens (primary N) is 6. The summed E-state index contributed by atoms with van der Waals surface area (Å²) < 4.78 is 0. The van der Waals surface area contributed by atoms with Gasteiger partial charge >= 0.3 is 0 Å². The van der Waals surface area contributed by atoms with Crippen molar-refractivity contribution in [1.29, 1.82) is 0 Å². The standard InChI is InChI=1S/C14H19ClN6.C13H17ClN6.C12H15ClN6.C11H13ClN6.C9H8Cl2N6/c1-9(2)18-14-20-12(16)19-13(21-14)17-7-6-10-4-3-5-11(15)8-10;1-20(2)13-18-11(15)17-12(19-13)16-7-6-9-4-3-5-10(14)8-9;1-19(2)12-17-10(14)16-11(18-12)15-7-8-3-5-9(13)6-4-8;1-18(2)11-16-9(13)15-10(17-11)14-8-5-3-4-7(12)6-8;10-5-2-1-4(3-6(5)11)14-9-16-7(12)15-8(13)17-9/h3-5,8-9H,6-7H2,1-2H3,(H4,16,17,18,19,20,21);3-5,8H,6-7H2,1-2H3,(H3,15,16,17,18,19);3-6H,7H2,1-2H3,(H3,14,15,16,17,18);3-6H,1-2H3,(H3,13,14,15,16,17);1-3H,(H5,12,13,14,15,16,17). The van der Waals surface area contributed by atoms with Crippen molar-refractivity contribution in [1.82, 2.24) is 74.8 Å². The number of halogens is 6. The number of aromatic nitrogens is 15. The molecule has 0 amide bonds. The predicted molar refractivity (Wildman–Crippen MR) is 388 cm³/mol. The van der Waals surface area contributed by atoms with Crippen molar-refractivity contribution in [3.05, 3.63) is 162 Å². The second kappa shape index (κ2) is 37.0. The van der Waals surface area contributed by atoms with Crippen LogP contribution in [-0.4, -0.2) is 136 Å². The van der Waals surface area contributed by atoms with Crippen LogP contribution in [0.2, 0.25) is 30.1 Å². The SMILES string of the molecule is CC(C)Nc1nc(N)nc(NCCc2cccc(Cl)c2)n1.CN(C)c1nc(N)nc(NCCc2cccc(Cl)c2)n1.CN(C)c1nc(N)nc(NCc2ccc(Cl)cc2)n1.CN(C)c1nc(N)nc(Nc2cccc(Cl)c2)n1.Nc1nc(N)nc(Nc2ccc(Cl)c(Cl)c2)n1. The number of hydrogen-bond acceptors (Lipinski definition) is 30. The van der Waals surface area contributed by atoms with Crippen LogP contribution >= 0.6 is 69.6 Å². The fourth-order valence-corrected chi connectivity index (χ4v) is 8.46. The predicted octanol–water partition coefficient (Wildman–Crippen LogP) is 10.2. The van der Waals surface area contributed by atoms with Gasteiger partial charge in [0.05, 0.1) is 10.0 Å². The number of benzene rings is 5.